The van der Waals surface area contributed by atoms with Crippen LogP contribution in [0.5, 0.6) is 5.75 Å². The Morgan fingerprint density at radius 3 is 1.76 bits per heavy atom. The van der Waals surface area contributed by atoms with Crippen molar-refractivity contribution in [1.82, 2.24) is 0 Å². The van der Waals surface area contributed by atoms with Crippen molar-refractivity contribution in [2.45, 2.75) is 18.9 Å². The average Bonchev–Trinajstić information content (AvgIpc) is 2.14. The Morgan fingerprint density at radius 2 is 1.41 bits per heavy atom. The average molecular weight is 259 g/mol. The van der Waals surface area contributed by atoms with E-state index in [9.17, 15) is 26.3 Å². The number of phenols is 1. The molecule has 1 aromatic carbocycles. The Bertz CT molecular complexity index is 423. The summed E-state index contributed by atoms with van der Waals surface area (Å²) in [5, 5.41) is 8.95. The first-order chi connectivity index (χ1) is 7.57. The van der Waals surface area contributed by atoms with E-state index in [1.165, 1.54) is 0 Å². The molecule has 0 bridgehead atoms. The highest BCUT2D eigenvalue weighted by molar-refractivity contribution is 5.44. The Kier molecular flexibility index (Phi) is 3.28. The first-order valence-corrected chi connectivity index (χ1v) is 4.27. The summed E-state index contributed by atoms with van der Waals surface area (Å²) in [6, 6.07) is 0.239. The van der Waals surface area contributed by atoms with Crippen molar-refractivity contribution in [3.8, 4) is 5.75 Å². The van der Waals surface area contributed by atoms with E-state index in [0.717, 1.165) is 0 Å². The van der Waals surface area contributed by atoms with Gasteiger partial charge in [-0.3, -0.25) is 0 Å². The maximum atomic E-state index is 12.4. The molecule has 0 unspecified atom stereocenters. The molecule has 0 saturated carbocycles. The van der Waals surface area contributed by atoms with Gasteiger partial charge in [0.05, 0.1) is 11.1 Å². The number of nitrogens with two attached hydrogens (primary N) is 1. The summed E-state index contributed by atoms with van der Waals surface area (Å²) < 4.78 is 74.1. The van der Waals surface area contributed by atoms with E-state index in [-0.39, 0.29) is 12.1 Å². The lowest BCUT2D eigenvalue weighted by molar-refractivity contribution is -0.142. The van der Waals surface area contributed by atoms with Gasteiger partial charge in [0.25, 0.3) is 0 Å². The fourth-order valence-corrected chi connectivity index (χ4v) is 1.29. The number of halogens is 6. The third kappa shape index (κ3) is 2.82. The van der Waals surface area contributed by atoms with Gasteiger partial charge in [-0.2, -0.15) is 26.3 Å². The van der Waals surface area contributed by atoms with Crippen molar-refractivity contribution < 1.29 is 31.4 Å². The van der Waals surface area contributed by atoms with Crippen LogP contribution in [-0.2, 0) is 18.9 Å². The molecular formula is C9H7F6NO. The lowest BCUT2D eigenvalue weighted by Crippen LogP contribution is -2.15. The zero-order valence-corrected chi connectivity index (χ0v) is 8.15. The fourth-order valence-electron chi connectivity index (χ4n) is 1.29. The van der Waals surface area contributed by atoms with Gasteiger partial charge >= 0.3 is 12.4 Å². The molecular weight excluding hydrogens is 252 g/mol. The summed E-state index contributed by atoms with van der Waals surface area (Å²) in [7, 11) is 0. The third-order valence-corrected chi connectivity index (χ3v) is 2.05. The summed E-state index contributed by atoms with van der Waals surface area (Å²) in [5.74, 6) is -1.47. The van der Waals surface area contributed by atoms with Crippen molar-refractivity contribution in [3.63, 3.8) is 0 Å². The zero-order valence-electron chi connectivity index (χ0n) is 8.15. The number of hydrogen-bond donors (Lipinski definition) is 2. The van der Waals surface area contributed by atoms with Crippen LogP contribution in [0.15, 0.2) is 12.1 Å². The molecule has 0 aliphatic rings. The molecule has 0 fully saturated rings. The Balaban J connectivity index is 3.46. The fraction of sp³-hybridized carbons (Fsp3) is 0.333. The highest BCUT2D eigenvalue weighted by atomic mass is 19.4. The van der Waals surface area contributed by atoms with Crippen LogP contribution in [0.1, 0.15) is 16.7 Å². The van der Waals surface area contributed by atoms with E-state index >= 15 is 0 Å². The molecule has 0 aromatic heterocycles. The van der Waals surface area contributed by atoms with E-state index < -0.39 is 41.3 Å². The molecule has 8 heteroatoms. The van der Waals surface area contributed by atoms with E-state index in [1.54, 1.807) is 0 Å². The van der Waals surface area contributed by atoms with Gasteiger partial charge in [0.1, 0.15) is 5.75 Å². The molecule has 0 heterocycles. The second-order valence-electron chi connectivity index (χ2n) is 3.23. The molecule has 2 nitrogen and oxygen atoms in total. The molecule has 0 atom stereocenters. The molecule has 0 saturated heterocycles. The maximum absolute atomic E-state index is 12.4. The Labute approximate surface area is 91.7 Å². The van der Waals surface area contributed by atoms with Crippen LogP contribution in [0.25, 0.3) is 0 Å². The maximum Gasteiger partial charge on any atom is 0.419 e. The number of alkyl halides is 6. The van der Waals surface area contributed by atoms with Crippen LogP contribution < -0.4 is 5.73 Å². The van der Waals surface area contributed by atoms with Gasteiger partial charge in [0.2, 0.25) is 0 Å². The summed E-state index contributed by atoms with van der Waals surface area (Å²) in [6.45, 7) is -0.710. The first-order valence-electron chi connectivity index (χ1n) is 4.27. The molecule has 0 amide bonds. The van der Waals surface area contributed by atoms with Crippen LogP contribution in [0.3, 0.4) is 0 Å². The largest absolute Gasteiger partial charge is 0.507 e. The van der Waals surface area contributed by atoms with Crippen LogP contribution >= 0.6 is 0 Å². The van der Waals surface area contributed by atoms with Gasteiger partial charge in [0.15, 0.2) is 0 Å². The smallest absolute Gasteiger partial charge is 0.419 e. The number of hydrogen-bond acceptors (Lipinski definition) is 2. The lowest BCUT2D eigenvalue weighted by Gasteiger charge is -2.16. The highest BCUT2D eigenvalue weighted by Gasteiger charge is 2.39. The standard InChI is InChI=1S/C9H7F6NO/c10-8(11,12)5-2-7(17)6(9(13,14)15)1-4(5)3-16/h1-2,17H,3,16H2. The highest BCUT2D eigenvalue weighted by Crippen LogP contribution is 2.41. The predicted octanol–water partition coefficient (Wildman–Crippen LogP) is 2.89. The van der Waals surface area contributed by atoms with Crippen molar-refractivity contribution in [2.24, 2.45) is 5.73 Å². The summed E-state index contributed by atoms with van der Waals surface area (Å²) in [4.78, 5) is 0. The summed E-state index contributed by atoms with van der Waals surface area (Å²) in [6.07, 6.45) is -9.80. The molecule has 1 rings (SSSR count). The van der Waals surface area contributed by atoms with Crippen molar-refractivity contribution >= 4 is 0 Å². The number of rotatable bonds is 1. The van der Waals surface area contributed by atoms with Gasteiger partial charge in [-0.1, -0.05) is 0 Å². The van der Waals surface area contributed by atoms with Gasteiger partial charge in [-0.15, -0.1) is 0 Å². The normalized spacial score (nSPS) is 12.9. The second-order valence-corrected chi connectivity index (χ2v) is 3.23. The van der Waals surface area contributed by atoms with Crippen molar-refractivity contribution in [1.29, 1.82) is 0 Å². The number of aromatic hydroxyl groups is 1. The molecule has 3 N–H and O–H groups in total. The monoisotopic (exact) mass is 259 g/mol. The molecule has 96 valence electrons. The molecule has 0 radical (unpaired) electrons. The third-order valence-electron chi connectivity index (χ3n) is 2.05. The lowest BCUT2D eigenvalue weighted by atomic mass is 10.0. The topological polar surface area (TPSA) is 46.2 Å². The van der Waals surface area contributed by atoms with E-state index in [1.807, 2.05) is 0 Å². The van der Waals surface area contributed by atoms with E-state index in [4.69, 9.17) is 10.8 Å². The molecule has 0 aliphatic heterocycles. The zero-order chi connectivity index (χ0) is 13.4. The van der Waals surface area contributed by atoms with Crippen LogP contribution in [-0.4, -0.2) is 5.11 Å². The van der Waals surface area contributed by atoms with E-state index in [0.29, 0.717) is 0 Å². The minimum Gasteiger partial charge on any atom is -0.507 e. The summed E-state index contributed by atoms with van der Waals surface area (Å²) >= 11 is 0. The van der Waals surface area contributed by atoms with Crippen molar-refractivity contribution in [2.75, 3.05) is 0 Å². The van der Waals surface area contributed by atoms with Gasteiger partial charge in [-0.25, -0.2) is 0 Å². The van der Waals surface area contributed by atoms with Crippen molar-refractivity contribution in [3.05, 3.63) is 28.8 Å². The molecule has 0 aliphatic carbocycles. The molecule has 17 heavy (non-hydrogen) atoms. The first kappa shape index (κ1) is 13.6. The predicted molar refractivity (Wildman–Crippen MR) is 46.0 cm³/mol. The summed E-state index contributed by atoms with van der Waals surface area (Å²) in [5.41, 5.74) is 1.33. The Hall–Kier alpha value is -1.44. The minimum absolute atomic E-state index is 0.0328. The molecule has 0 spiro atoms. The van der Waals surface area contributed by atoms with E-state index in [2.05, 4.69) is 0 Å². The number of benzene rings is 1. The SMILES string of the molecule is NCc1cc(C(F)(F)F)c(O)cc1C(F)(F)F. The van der Waals surface area contributed by atoms with Crippen LogP contribution in [0, 0.1) is 0 Å². The molecule has 1 aromatic rings. The Morgan fingerprint density at radius 1 is 0.941 bits per heavy atom. The van der Waals surface area contributed by atoms with Gasteiger partial charge in [0, 0.05) is 6.54 Å². The minimum atomic E-state index is -4.93. The van der Waals surface area contributed by atoms with Crippen LogP contribution in [0.2, 0.25) is 0 Å². The number of phenolic OH excluding ortho intramolecular Hbond substituents is 1. The van der Waals surface area contributed by atoms with Gasteiger partial charge in [-0.05, 0) is 17.7 Å². The van der Waals surface area contributed by atoms with Gasteiger partial charge < -0.3 is 10.8 Å². The quantitative estimate of drug-likeness (QED) is 0.762. The van der Waals surface area contributed by atoms with Crippen LogP contribution in [0.4, 0.5) is 26.3 Å². The second kappa shape index (κ2) is 4.10.